The Kier molecular flexibility index (Phi) is 5.41. The highest BCUT2D eigenvalue weighted by molar-refractivity contribution is 6.31. The monoisotopic (exact) mass is 337 g/mol. The van der Waals surface area contributed by atoms with Crippen LogP contribution in [0, 0.1) is 0 Å². The summed E-state index contributed by atoms with van der Waals surface area (Å²) in [6.45, 7) is 1.49. The molecule has 2 aromatic rings. The van der Waals surface area contributed by atoms with Gasteiger partial charge in [0.2, 0.25) is 0 Å². The number of carbonyl (C=O) groups is 2. The van der Waals surface area contributed by atoms with E-state index in [4.69, 9.17) is 27.9 Å². The van der Waals surface area contributed by atoms with Crippen molar-refractivity contribution in [3.05, 3.63) is 64.1 Å². The Morgan fingerprint density at radius 3 is 2.36 bits per heavy atom. The van der Waals surface area contributed by atoms with Crippen LogP contribution in [-0.4, -0.2) is 18.0 Å². The van der Waals surface area contributed by atoms with Crippen LogP contribution in [0.2, 0.25) is 10.0 Å². The largest absolute Gasteiger partial charge is 0.449 e. The molecule has 4 nitrogen and oxygen atoms in total. The van der Waals surface area contributed by atoms with Crippen LogP contribution in [0.1, 0.15) is 17.3 Å². The van der Waals surface area contributed by atoms with Crippen molar-refractivity contribution in [1.82, 2.24) is 0 Å². The normalized spacial score (nSPS) is 11.6. The average molecular weight is 338 g/mol. The summed E-state index contributed by atoms with van der Waals surface area (Å²) in [4.78, 5) is 23.9. The molecule has 2 aromatic carbocycles. The van der Waals surface area contributed by atoms with Crippen LogP contribution in [0.4, 0.5) is 5.69 Å². The van der Waals surface area contributed by atoms with Crippen molar-refractivity contribution in [2.24, 2.45) is 0 Å². The highest BCUT2D eigenvalue weighted by Crippen LogP contribution is 2.15. The first-order valence-corrected chi connectivity index (χ1v) is 7.24. The van der Waals surface area contributed by atoms with Crippen LogP contribution in [-0.2, 0) is 9.53 Å². The van der Waals surface area contributed by atoms with Gasteiger partial charge in [-0.3, -0.25) is 4.79 Å². The van der Waals surface area contributed by atoms with Crippen LogP contribution in [0.5, 0.6) is 0 Å². The Balaban J connectivity index is 1.96. The molecule has 0 saturated heterocycles. The second kappa shape index (κ2) is 7.29. The van der Waals surface area contributed by atoms with Crippen LogP contribution in [0.3, 0.4) is 0 Å². The zero-order chi connectivity index (χ0) is 16.1. The number of esters is 1. The van der Waals surface area contributed by atoms with Gasteiger partial charge in [-0.25, -0.2) is 4.79 Å². The van der Waals surface area contributed by atoms with E-state index in [1.165, 1.54) is 13.0 Å². The lowest BCUT2D eigenvalue weighted by Crippen LogP contribution is -2.29. The molecule has 0 aromatic heterocycles. The molecule has 0 radical (unpaired) electrons. The van der Waals surface area contributed by atoms with E-state index in [1.54, 1.807) is 42.5 Å². The Hall–Kier alpha value is -2.04. The first-order chi connectivity index (χ1) is 10.5. The topological polar surface area (TPSA) is 55.4 Å². The number of hydrogen-bond donors (Lipinski definition) is 1. The Labute approximate surface area is 138 Å². The molecular formula is C16H13Cl2NO3. The van der Waals surface area contributed by atoms with Gasteiger partial charge in [0.1, 0.15) is 0 Å². The fraction of sp³-hybridized carbons (Fsp3) is 0.125. The van der Waals surface area contributed by atoms with Gasteiger partial charge in [-0.15, -0.1) is 0 Å². The lowest BCUT2D eigenvalue weighted by molar-refractivity contribution is -0.123. The minimum atomic E-state index is -0.942. The van der Waals surface area contributed by atoms with Gasteiger partial charge in [-0.05, 0) is 49.4 Å². The second-order valence-electron chi connectivity index (χ2n) is 4.55. The minimum Gasteiger partial charge on any atom is -0.449 e. The molecule has 1 atom stereocenters. The Morgan fingerprint density at radius 2 is 1.73 bits per heavy atom. The zero-order valence-corrected chi connectivity index (χ0v) is 13.2. The molecule has 0 saturated carbocycles. The van der Waals surface area contributed by atoms with E-state index in [-0.39, 0.29) is 0 Å². The predicted octanol–water partition coefficient (Wildman–Crippen LogP) is 4.18. The van der Waals surface area contributed by atoms with E-state index < -0.39 is 18.0 Å². The summed E-state index contributed by atoms with van der Waals surface area (Å²) in [5, 5.41) is 3.63. The molecular weight excluding hydrogens is 325 g/mol. The van der Waals surface area contributed by atoms with E-state index in [1.807, 2.05) is 0 Å². The molecule has 114 valence electrons. The lowest BCUT2D eigenvalue weighted by Gasteiger charge is -2.13. The van der Waals surface area contributed by atoms with Gasteiger partial charge in [0.15, 0.2) is 6.10 Å². The summed E-state index contributed by atoms with van der Waals surface area (Å²) >= 11 is 11.6. The number of nitrogens with one attached hydrogen (secondary N) is 1. The molecule has 0 fully saturated rings. The van der Waals surface area contributed by atoms with Crippen LogP contribution in [0.15, 0.2) is 48.5 Å². The van der Waals surface area contributed by atoms with Crippen LogP contribution in [0.25, 0.3) is 0 Å². The number of amides is 1. The van der Waals surface area contributed by atoms with Gasteiger partial charge >= 0.3 is 5.97 Å². The summed E-state index contributed by atoms with van der Waals surface area (Å²) in [6.07, 6.45) is -0.942. The molecule has 6 heteroatoms. The van der Waals surface area contributed by atoms with Crippen molar-refractivity contribution in [1.29, 1.82) is 0 Å². The van der Waals surface area contributed by atoms with Gasteiger partial charge in [0.05, 0.1) is 5.56 Å². The van der Waals surface area contributed by atoms with Crippen molar-refractivity contribution in [2.75, 3.05) is 5.32 Å². The number of halogens is 2. The average Bonchev–Trinajstić information content (AvgIpc) is 2.49. The standard InChI is InChI=1S/C16H13Cl2NO3/c1-10(15(20)19-14-7-5-12(17)6-8-14)22-16(21)11-3-2-4-13(18)9-11/h2-10H,1H3,(H,19,20). The van der Waals surface area contributed by atoms with E-state index in [0.717, 1.165) is 0 Å². The van der Waals surface area contributed by atoms with Crippen LogP contribution >= 0.6 is 23.2 Å². The third kappa shape index (κ3) is 4.48. The van der Waals surface area contributed by atoms with E-state index in [2.05, 4.69) is 5.32 Å². The zero-order valence-electron chi connectivity index (χ0n) is 11.7. The summed E-state index contributed by atoms with van der Waals surface area (Å²) < 4.78 is 5.11. The molecule has 0 aliphatic heterocycles. The van der Waals surface area contributed by atoms with Crippen molar-refractivity contribution >= 4 is 40.8 Å². The summed E-state index contributed by atoms with van der Waals surface area (Å²) in [6, 6.07) is 13.0. The van der Waals surface area contributed by atoms with Crippen LogP contribution < -0.4 is 5.32 Å². The molecule has 0 aliphatic carbocycles. The second-order valence-corrected chi connectivity index (χ2v) is 5.43. The van der Waals surface area contributed by atoms with Gasteiger partial charge < -0.3 is 10.1 Å². The predicted molar refractivity (Wildman–Crippen MR) is 86.4 cm³/mol. The van der Waals surface area contributed by atoms with Gasteiger partial charge in [-0.1, -0.05) is 29.3 Å². The third-order valence-electron chi connectivity index (χ3n) is 2.83. The van der Waals surface area contributed by atoms with E-state index in [0.29, 0.717) is 21.3 Å². The quantitative estimate of drug-likeness (QED) is 0.851. The molecule has 0 heterocycles. The maximum atomic E-state index is 12.0. The molecule has 2 rings (SSSR count). The smallest absolute Gasteiger partial charge is 0.338 e. The molecule has 1 unspecified atom stereocenters. The van der Waals surface area contributed by atoms with Gasteiger partial charge in [-0.2, -0.15) is 0 Å². The van der Waals surface area contributed by atoms with Crippen molar-refractivity contribution in [2.45, 2.75) is 13.0 Å². The number of hydrogen-bond acceptors (Lipinski definition) is 3. The fourth-order valence-corrected chi connectivity index (χ4v) is 1.99. The molecule has 0 spiro atoms. The number of benzene rings is 2. The molecule has 1 N–H and O–H groups in total. The molecule has 0 bridgehead atoms. The molecule has 0 aliphatic rings. The van der Waals surface area contributed by atoms with E-state index in [9.17, 15) is 9.59 Å². The maximum absolute atomic E-state index is 12.0. The number of ether oxygens (including phenoxy) is 1. The van der Waals surface area contributed by atoms with Crippen molar-refractivity contribution < 1.29 is 14.3 Å². The number of carbonyl (C=O) groups excluding carboxylic acids is 2. The third-order valence-corrected chi connectivity index (χ3v) is 3.31. The first kappa shape index (κ1) is 16.3. The summed E-state index contributed by atoms with van der Waals surface area (Å²) in [5.74, 6) is -1.04. The molecule has 1 amide bonds. The SMILES string of the molecule is CC(OC(=O)c1cccc(Cl)c1)C(=O)Nc1ccc(Cl)cc1. The molecule has 22 heavy (non-hydrogen) atoms. The first-order valence-electron chi connectivity index (χ1n) is 6.48. The summed E-state index contributed by atoms with van der Waals surface area (Å²) in [5.41, 5.74) is 0.860. The van der Waals surface area contributed by atoms with Gasteiger partial charge in [0, 0.05) is 15.7 Å². The minimum absolute atomic E-state index is 0.290. The van der Waals surface area contributed by atoms with Gasteiger partial charge in [0.25, 0.3) is 5.91 Å². The fourth-order valence-electron chi connectivity index (χ4n) is 1.67. The highest BCUT2D eigenvalue weighted by Gasteiger charge is 2.19. The Morgan fingerprint density at radius 1 is 1.05 bits per heavy atom. The lowest BCUT2D eigenvalue weighted by atomic mass is 10.2. The number of anilines is 1. The number of rotatable bonds is 4. The summed E-state index contributed by atoms with van der Waals surface area (Å²) in [7, 11) is 0. The Bertz CT molecular complexity index is 686. The highest BCUT2D eigenvalue weighted by atomic mass is 35.5. The van der Waals surface area contributed by atoms with Crippen molar-refractivity contribution in [3.8, 4) is 0 Å². The van der Waals surface area contributed by atoms with Crippen molar-refractivity contribution in [3.63, 3.8) is 0 Å². The maximum Gasteiger partial charge on any atom is 0.338 e. The van der Waals surface area contributed by atoms with E-state index >= 15 is 0 Å².